The third-order valence-corrected chi connectivity index (χ3v) is 1.49. The molecule has 0 unspecified atom stereocenters. The van der Waals surface area contributed by atoms with E-state index in [-0.39, 0.29) is 5.63 Å². The maximum Gasteiger partial charge on any atom is 0.357 e. The quantitative estimate of drug-likeness (QED) is 0.593. The van der Waals surface area contributed by atoms with E-state index in [1.54, 1.807) is 6.92 Å². The van der Waals surface area contributed by atoms with Crippen LogP contribution in [0, 0.1) is 6.92 Å². The summed E-state index contributed by atoms with van der Waals surface area (Å²) >= 11 is 0. The molecule has 0 atom stereocenters. The Morgan fingerprint density at radius 3 is 2.23 bits per heavy atom. The van der Waals surface area contributed by atoms with Crippen LogP contribution in [0.4, 0.5) is 0 Å². The standard InChI is InChI=1S/C4H5NO2.C4H9NO/c1-3-2-4(6)7-5-3;1-3-6-4-2-5-1/h2,5H,1H3;5H,1-4H2. The zero-order valence-electron chi connectivity index (χ0n) is 7.63. The predicted molar refractivity (Wildman–Crippen MR) is 47.8 cm³/mol. The lowest BCUT2D eigenvalue weighted by Crippen LogP contribution is -2.30. The second-order valence-corrected chi connectivity index (χ2v) is 2.71. The van der Waals surface area contributed by atoms with Gasteiger partial charge in [-0.3, -0.25) is 0 Å². The minimum atomic E-state index is -0.322. The number of hydrogen-bond acceptors (Lipinski definition) is 4. The summed E-state index contributed by atoms with van der Waals surface area (Å²) in [5.41, 5.74) is 0.433. The minimum Gasteiger partial charge on any atom is -0.379 e. The van der Waals surface area contributed by atoms with E-state index in [1.807, 2.05) is 0 Å². The Bertz CT molecular complexity index is 263. The molecule has 2 heterocycles. The summed E-state index contributed by atoms with van der Waals surface area (Å²) in [5.74, 6) is 0. The molecule has 1 aromatic rings. The molecule has 0 amide bonds. The highest BCUT2D eigenvalue weighted by molar-refractivity contribution is 4.90. The summed E-state index contributed by atoms with van der Waals surface area (Å²) in [4.78, 5) is 10.1. The normalized spacial score (nSPS) is 16.1. The lowest BCUT2D eigenvalue weighted by molar-refractivity contribution is 0.109. The van der Waals surface area contributed by atoms with Gasteiger partial charge in [0.05, 0.1) is 18.9 Å². The number of nitrogens with one attached hydrogen (secondary N) is 2. The minimum absolute atomic E-state index is 0.322. The number of aromatic nitrogens is 1. The fourth-order valence-electron chi connectivity index (χ4n) is 0.882. The number of H-pyrrole nitrogens is 1. The molecule has 1 saturated heterocycles. The Labute approximate surface area is 76.0 Å². The van der Waals surface area contributed by atoms with E-state index in [2.05, 4.69) is 15.0 Å². The van der Waals surface area contributed by atoms with E-state index < -0.39 is 0 Å². The van der Waals surface area contributed by atoms with Crippen LogP contribution in [0.1, 0.15) is 5.69 Å². The van der Waals surface area contributed by atoms with Crippen molar-refractivity contribution in [1.82, 2.24) is 10.5 Å². The zero-order valence-corrected chi connectivity index (χ0v) is 7.63. The Morgan fingerprint density at radius 1 is 1.38 bits per heavy atom. The first kappa shape index (κ1) is 10.0. The maximum absolute atomic E-state index is 10.1. The molecular weight excluding hydrogens is 172 g/mol. The van der Waals surface area contributed by atoms with Gasteiger partial charge in [-0.2, -0.15) is 0 Å². The van der Waals surface area contributed by atoms with Gasteiger partial charge in [-0.1, -0.05) is 0 Å². The van der Waals surface area contributed by atoms with Gasteiger partial charge in [0, 0.05) is 19.2 Å². The molecule has 0 radical (unpaired) electrons. The first-order valence-corrected chi connectivity index (χ1v) is 4.22. The first-order chi connectivity index (χ1) is 6.29. The van der Waals surface area contributed by atoms with Crippen LogP contribution in [-0.4, -0.2) is 31.5 Å². The lowest BCUT2D eigenvalue weighted by Gasteiger charge is -2.10. The van der Waals surface area contributed by atoms with Gasteiger partial charge < -0.3 is 14.6 Å². The van der Waals surface area contributed by atoms with Gasteiger partial charge in [-0.05, 0) is 6.92 Å². The van der Waals surface area contributed by atoms with Crippen LogP contribution in [-0.2, 0) is 4.74 Å². The lowest BCUT2D eigenvalue weighted by atomic mass is 10.5. The number of aryl methyl sites for hydroxylation is 1. The molecule has 74 valence electrons. The van der Waals surface area contributed by atoms with Gasteiger partial charge in [0.25, 0.3) is 0 Å². The molecule has 5 nitrogen and oxygen atoms in total. The molecule has 2 rings (SSSR count). The zero-order chi connectivity index (χ0) is 9.52. The highest BCUT2D eigenvalue weighted by Gasteiger charge is 1.92. The fraction of sp³-hybridized carbons (Fsp3) is 0.625. The molecule has 0 spiro atoms. The van der Waals surface area contributed by atoms with Crippen molar-refractivity contribution in [2.24, 2.45) is 0 Å². The van der Waals surface area contributed by atoms with E-state index in [4.69, 9.17) is 4.74 Å². The predicted octanol–water partition coefficient (Wildman–Crippen LogP) is -0.117. The van der Waals surface area contributed by atoms with Crippen LogP contribution in [0.15, 0.2) is 15.4 Å². The number of ether oxygens (including phenoxy) is 1. The molecular formula is C8H14N2O3. The Hall–Kier alpha value is -1.07. The Kier molecular flexibility index (Phi) is 4.28. The number of aromatic amines is 1. The first-order valence-electron chi connectivity index (χ1n) is 4.22. The van der Waals surface area contributed by atoms with Crippen LogP contribution in [0.5, 0.6) is 0 Å². The van der Waals surface area contributed by atoms with E-state index in [0.29, 0.717) is 0 Å². The van der Waals surface area contributed by atoms with Crippen molar-refractivity contribution in [2.45, 2.75) is 6.92 Å². The van der Waals surface area contributed by atoms with Crippen molar-refractivity contribution in [1.29, 1.82) is 0 Å². The summed E-state index contributed by atoms with van der Waals surface area (Å²) in [6.07, 6.45) is 0. The second-order valence-electron chi connectivity index (χ2n) is 2.71. The molecule has 5 heteroatoms. The van der Waals surface area contributed by atoms with E-state index >= 15 is 0 Å². The van der Waals surface area contributed by atoms with Crippen LogP contribution in [0.3, 0.4) is 0 Å². The molecule has 13 heavy (non-hydrogen) atoms. The summed E-state index contributed by atoms with van der Waals surface area (Å²) in [6.45, 7) is 5.59. The maximum atomic E-state index is 10.1. The van der Waals surface area contributed by atoms with Crippen molar-refractivity contribution >= 4 is 0 Å². The van der Waals surface area contributed by atoms with E-state index in [1.165, 1.54) is 6.07 Å². The summed E-state index contributed by atoms with van der Waals surface area (Å²) < 4.78 is 9.29. The van der Waals surface area contributed by atoms with Crippen LogP contribution >= 0.6 is 0 Å². The van der Waals surface area contributed by atoms with Gasteiger partial charge >= 0.3 is 5.63 Å². The average molecular weight is 186 g/mol. The van der Waals surface area contributed by atoms with E-state index in [0.717, 1.165) is 32.0 Å². The number of morpholine rings is 1. The molecule has 0 bridgehead atoms. The third-order valence-electron chi connectivity index (χ3n) is 1.49. The highest BCUT2D eigenvalue weighted by Crippen LogP contribution is 1.79. The van der Waals surface area contributed by atoms with Gasteiger partial charge in [0.15, 0.2) is 0 Å². The van der Waals surface area contributed by atoms with Crippen LogP contribution in [0.25, 0.3) is 0 Å². The van der Waals surface area contributed by atoms with Crippen molar-refractivity contribution in [3.05, 3.63) is 22.2 Å². The second kappa shape index (κ2) is 5.55. The summed E-state index contributed by atoms with van der Waals surface area (Å²) in [7, 11) is 0. The van der Waals surface area contributed by atoms with Gasteiger partial charge in [-0.15, -0.1) is 0 Å². The van der Waals surface area contributed by atoms with Crippen molar-refractivity contribution in [3.8, 4) is 0 Å². The molecule has 1 aliphatic heterocycles. The molecule has 1 fully saturated rings. The third kappa shape index (κ3) is 4.49. The molecule has 2 N–H and O–H groups in total. The van der Waals surface area contributed by atoms with Gasteiger partial charge in [0.1, 0.15) is 0 Å². The molecule has 0 aliphatic carbocycles. The number of hydrogen-bond donors (Lipinski definition) is 2. The van der Waals surface area contributed by atoms with Crippen molar-refractivity contribution < 1.29 is 9.26 Å². The molecule has 0 aromatic carbocycles. The summed E-state index contributed by atoms with van der Waals surface area (Å²) in [6, 6.07) is 1.39. The van der Waals surface area contributed by atoms with Gasteiger partial charge in [0.2, 0.25) is 0 Å². The van der Waals surface area contributed by atoms with Gasteiger partial charge in [-0.25, -0.2) is 9.95 Å². The van der Waals surface area contributed by atoms with Crippen molar-refractivity contribution in [2.75, 3.05) is 26.3 Å². The largest absolute Gasteiger partial charge is 0.379 e. The van der Waals surface area contributed by atoms with E-state index in [9.17, 15) is 4.79 Å². The van der Waals surface area contributed by atoms with Crippen molar-refractivity contribution in [3.63, 3.8) is 0 Å². The smallest absolute Gasteiger partial charge is 0.357 e. The highest BCUT2D eigenvalue weighted by atomic mass is 16.5. The fourth-order valence-corrected chi connectivity index (χ4v) is 0.882. The number of rotatable bonds is 0. The molecule has 1 aliphatic rings. The van der Waals surface area contributed by atoms with Crippen LogP contribution in [0.2, 0.25) is 0 Å². The molecule has 0 saturated carbocycles. The Balaban J connectivity index is 0.000000132. The Morgan fingerprint density at radius 2 is 2.08 bits per heavy atom. The molecule has 1 aromatic heterocycles. The summed E-state index contributed by atoms with van der Waals surface area (Å²) in [5, 5.41) is 5.54. The average Bonchev–Trinajstić information content (AvgIpc) is 2.54. The topological polar surface area (TPSA) is 67.3 Å². The monoisotopic (exact) mass is 186 g/mol. The van der Waals surface area contributed by atoms with Crippen LogP contribution < -0.4 is 10.9 Å². The SMILES string of the molecule is C1COCCN1.Cc1cc(=O)o[nH]1.